The van der Waals surface area contributed by atoms with Crippen LogP contribution in [-0.4, -0.2) is 31.1 Å². The van der Waals surface area contributed by atoms with Crippen molar-refractivity contribution in [1.29, 1.82) is 0 Å². The first-order valence-electron chi connectivity index (χ1n) is 7.39. The highest BCUT2D eigenvalue weighted by Crippen LogP contribution is 2.10. The summed E-state index contributed by atoms with van der Waals surface area (Å²) in [5.74, 6) is -0.442. The second-order valence-corrected chi connectivity index (χ2v) is 5.45. The van der Waals surface area contributed by atoms with Crippen molar-refractivity contribution in [2.24, 2.45) is 5.92 Å². The number of esters is 1. The van der Waals surface area contributed by atoms with Gasteiger partial charge in [0.25, 0.3) is 0 Å². The number of nitrogens with one attached hydrogen (secondary N) is 1. The number of hydrogen-bond acceptors (Lipinski definition) is 5. The number of hydrogen-bond donors (Lipinski definition) is 1. The maximum absolute atomic E-state index is 12.0. The summed E-state index contributed by atoms with van der Waals surface area (Å²) in [6, 6.07) is 6.92. The van der Waals surface area contributed by atoms with E-state index in [0.29, 0.717) is 5.56 Å². The van der Waals surface area contributed by atoms with Crippen LogP contribution in [0.3, 0.4) is 0 Å². The molecule has 120 valence electrons. The van der Waals surface area contributed by atoms with Crippen molar-refractivity contribution >= 4 is 17.5 Å². The van der Waals surface area contributed by atoms with Gasteiger partial charge in [-0.25, -0.2) is 0 Å². The fourth-order valence-electron chi connectivity index (χ4n) is 1.79. The zero-order chi connectivity index (χ0) is 16.5. The average molecular weight is 305 g/mol. The van der Waals surface area contributed by atoms with E-state index >= 15 is 0 Å². The number of ether oxygens (including phenoxy) is 1. The number of Topliss-reactive ketones (excluding diaryl/α,β-unsaturated/α-hetero) is 2. The fourth-order valence-corrected chi connectivity index (χ4v) is 1.79. The molecule has 0 heterocycles. The fraction of sp³-hybridized carbons (Fsp3) is 0.471. The smallest absolute Gasteiger partial charge is 0.308 e. The molecule has 0 fully saturated rings. The number of carbonyl (C=O) groups is 3. The standard InChI is InChI=1S/C17H23NO4/c1-12(2)17(21)22-11-13-4-6-14(7-5-13)16(20)9-8-15(19)10-18-3/h4-7,12,18H,8-11H2,1-3H3. The number of rotatable bonds is 9. The molecule has 22 heavy (non-hydrogen) atoms. The van der Waals surface area contributed by atoms with E-state index in [9.17, 15) is 14.4 Å². The summed E-state index contributed by atoms with van der Waals surface area (Å²) < 4.78 is 5.12. The topological polar surface area (TPSA) is 72.5 Å². The van der Waals surface area contributed by atoms with Gasteiger partial charge in [0.15, 0.2) is 5.78 Å². The molecule has 1 aromatic rings. The summed E-state index contributed by atoms with van der Waals surface area (Å²) in [6.07, 6.45) is 0.454. The molecule has 0 aliphatic heterocycles. The molecule has 0 spiro atoms. The van der Waals surface area contributed by atoms with Crippen molar-refractivity contribution in [3.8, 4) is 0 Å². The minimum atomic E-state index is -0.247. The minimum absolute atomic E-state index is 0.0214. The van der Waals surface area contributed by atoms with E-state index in [0.717, 1.165) is 5.56 Å². The number of ketones is 2. The van der Waals surface area contributed by atoms with Crippen LogP contribution in [0.1, 0.15) is 42.6 Å². The molecule has 1 aromatic carbocycles. The largest absolute Gasteiger partial charge is 0.461 e. The van der Waals surface area contributed by atoms with E-state index < -0.39 is 0 Å². The van der Waals surface area contributed by atoms with Gasteiger partial charge in [-0.15, -0.1) is 0 Å². The van der Waals surface area contributed by atoms with Gasteiger partial charge in [0.1, 0.15) is 12.4 Å². The van der Waals surface area contributed by atoms with E-state index in [2.05, 4.69) is 5.32 Å². The van der Waals surface area contributed by atoms with Gasteiger partial charge in [-0.3, -0.25) is 14.4 Å². The Labute approximate surface area is 131 Å². The second kappa shape index (κ2) is 9.10. The molecule has 0 bridgehead atoms. The number of likely N-dealkylation sites (N-methyl/N-ethyl adjacent to an activating group) is 1. The molecular formula is C17H23NO4. The highest BCUT2D eigenvalue weighted by atomic mass is 16.5. The SMILES string of the molecule is CNCC(=O)CCC(=O)c1ccc(COC(=O)C(C)C)cc1. The zero-order valence-electron chi connectivity index (χ0n) is 13.3. The lowest BCUT2D eigenvalue weighted by atomic mass is 10.0. The Morgan fingerprint density at radius 1 is 1.09 bits per heavy atom. The molecule has 0 atom stereocenters. The lowest BCUT2D eigenvalue weighted by molar-refractivity contribution is -0.148. The molecule has 5 heteroatoms. The minimum Gasteiger partial charge on any atom is -0.461 e. The first kappa shape index (κ1) is 18.0. The van der Waals surface area contributed by atoms with Crippen LogP contribution in [0.5, 0.6) is 0 Å². The molecular weight excluding hydrogens is 282 g/mol. The third kappa shape index (κ3) is 6.18. The van der Waals surface area contributed by atoms with Crippen molar-refractivity contribution < 1.29 is 19.1 Å². The third-order valence-corrected chi connectivity index (χ3v) is 3.13. The Morgan fingerprint density at radius 2 is 1.73 bits per heavy atom. The van der Waals surface area contributed by atoms with Crippen molar-refractivity contribution in [3.63, 3.8) is 0 Å². The van der Waals surface area contributed by atoms with Crippen LogP contribution in [0, 0.1) is 5.92 Å². The van der Waals surface area contributed by atoms with E-state index in [1.54, 1.807) is 45.2 Å². The van der Waals surface area contributed by atoms with E-state index in [1.165, 1.54) is 0 Å². The molecule has 0 aliphatic rings. The molecule has 1 N–H and O–H groups in total. The highest BCUT2D eigenvalue weighted by molar-refractivity contribution is 5.98. The van der Waals surface area contributed by atoms with Crippen LogP contribution in [-0.2, 0) is 20.9 Å². The van der Waals surface area contributed by atoms with Crippen LogP contribution >= 0.6 is 0 Å². The Kier molecular flexibility index (Phi) is 7.46. The van der Waals surface area contributed by atoms with E-state index in [4.69, 9.17) is 4.74 Å². The summed E-state index contributed by atoms with van der Waals surface area (Å²) in [6.45, 7) is 4.04. The quantitative estimate of drug-likeness (QED) is 0.559. The molecule has 0 radical (unpaired) electrons. The molecule has 0 saturated carbocycles. The predicted octanol–water partition coefficient (Wildman–Crippen LogP) is 2.14. The predicted molar refractivity (Wildman–Crippen MR) is 83.6 cm³/mol. The van der Waals surface area contributed by atoms with Gasteiger partial charge in [0, 0.05) is 18.4 Å². The monoisotopic (exact) mass is 305 g/mol. The van der Waals surface area contributed by atoms with Crippen molar-refractivity contribution in [2.45, 2.75) is 33.3 Å². The van der Waals surface area contributed by atoms with E-state index in [-0.39, 0.29) is 49.4 Å². The normalized spacial score (nSPS) is 10.5. The summed E-state index contributed by atoms with van der Waals surface area (Å²) in [4.78, 5) is 34.7. The van der Waals surface area contributed by atoms with Gasteiger partial charge in [0.05, 0.1) is 12.5 Å². The molecule has 0 amide bonds. The first-order valence-corrected chi connectivity index (χ1v) is 7.39. The van der Waals surface area contributed by atoms with Gasteiger partial charge in [-0.2, -0.15) is 0 Å². The summed E-state index contributed by atoms with van der Waals surface area (Å²) in [7, 11) is 1.70. The Bertz CT molecular complexity index is 520. The summed E-state index contributed by atoms with van der Waals surface area (Å²) >= 11 is 0. The van der Waals surface area contributed by atoms with Crippen LogP contribution < -0.4 is 5.32 Å². The summed E-state index contributed by atoms with van der Waals surface area (Å²) in [5.41, 5.74) is 1.40. The maximum atomic E-state index is 12.0. The average Bonchev–Trinajstić information content (AvgIpc) is 2.51. The van der Waals surface area contributed by atoms with Gasteiger partial charge in [-0.05, 0) is 12.6 Å². The van der Waals surface area contributed by atoms with Crippen LogP contribution in [0.25, 0.3) is 0 Å². The lowest BCUT2D eigenvalue weighted by Crippen LogP contribution is -2.19. The molecule has 0 aromatic heterocycles. The van der Waals surface area contributed by atoms with Crippen molar-refractivity contribution in [2.75, 3.05) is 13.6 Å². The van der Waals surface area contributed by atoms with Crippen LogP contribution in [0.15, 0.2) is 24.3 Å². The maximum Gasteiger partial charge on any atom is 0.308 e. The van der Waals surface area contributed by atoms with Crippen molar-refractivity contribution in [3.05, 3.63) is 35.4 Å². The van der Waals surface area contributed by atoms with Crippen LogP contribution in [0.2, 0.25) is 0 Å². The Hall–Kier alpha value is -2.01. The molecule has 5 nitrogen and oxygen atoms in total. The number of benzene rings is 1. The molecule has 0 unspecified atom stereocenters. The van der Waals surface area contributed by atoms with Gasteiger partial charge >= 0.3 is 5.97 Å². The third-order valence-electron chi connectivity index (χ3n) is 3.13. The van der Waals surface area contributed by atoms with Gasteiger partial charge < -0.3 is 10.1 Å². The Morgan fingerprint density at radius 3 is 2.27 bits per heavy atom. The van der Waals surface area contributed by atoms with Crippen LogP contribution in [0.4, 0.5) is 0 Å². The number of carbonyl (C=O) groups excluding carboxylic acids is 3. The summed E-state index contributed by atoms with van der Waals surface area (Å²) in [5, 5.41) is 2.77. The Balaban J connectivity index is 2.48. The lowest BCUT2D eigenvalue weighted by Gasteiger charge is -2.07. The van der Waals surface area contributed by atoms with Gasteiger partial charge in [0.2, 0.25) is 0 Å². The second-order valence-electron chi connectivity index (χ2n) is 5.45. The molecule has 0 aliphatic carbocycles. The highest BCUT2D eigenvalue weighted by Gasteiger charge is 2.10. The molecule has 1 rings (SSSR count). The van der Waals surface area contributed by atoms with Crippen molar-refractivity contribution in [1.82, 2.24) is 5.32 Å². The first-order chi connectivity index (χ1) is 10.4. The van der Waals surface area contributed by atoms with Gasteiger partial charge in [-0.1, -0.05) is 38.1 Å². The zero-order valence-corrected chi connectivity index (χ0v) is 13.3. The van der Waals surface area contributed by atoms with E-state index in [1.807, 2.05) is 0 Å². The molecule has 0 saturated heterocycles.